The lowest BCUT2D eigenvalue weighted by Crippen LogP contribution is -2.45. The highest BCUT2D eigenvalue weighted by atomic mass is 16.5. The van der Waals surface area contributed by atoms with Crippen LogP contribution in [0.5, 0.6) is 0 Å². The van der Waals surface area contributed by atoms with Gasteiger partial charge in [0.2, 0.25) is 0 Å². The molecule has 0 amide bonds. The van der Waals surface area contributed by atoms with Crippen molar-refractivity contribution in [3.8, 4) is 0 Å². The largest absolute Gasteiger partial charge is 0.465 e. The van der Waals surface area contributed by atoms with Gasteiger partial charge in [-0.3, -0.25) is 0 Å². The maximum atomic E-state index is 5.40. The van der Waals surface area contributed by atoms with Gasteiger partial charge in [0.15, 0.2) is 0 Å². The molecule has 0 saturated carbocycles. The molecular weight excluding hydrogens is 154 g/mol. The number of ether oxygens (including phenoxy) is 1. The van der Waals surface area contributed by atoms with Gasteiger partial charge in [0.05, 0.1) is 25.8 Å². The molecule has 3 heteroatoms. The lowest BCUT2D eigenvalue weighted by molar-refractivity contribution is -0.00643. The van der Waals surface area contributed by atoms with Crippen LogP contribution in [-0.2, 0) is 11.3 Å². The van der Waals surface area contributed by atoms with E-state index in [9.17, 15) is 0 Å². The molecule has 0 atom stereocenters. The van der Waals surface area contributed by atoms with E-state index in [0.29, 0.717) is 6.04 Å². The van der Waals surface area contributed by atoms with Gasteiger partial charge in [0.1, 0.15) is 11.5 Å². The number of furan rings is 1. The van der Waals surface area contributed by atoms with Crippen molar-refractivity contribution in [3.63, 3.8) is 0 Å². The Kier molecular flexibility index (Phi) is 2.15. The maximum Gasteiger partial charge on any atom is 0.117 e. The first-order valence-corrected chi connectivity index (χ1v) is 4.21. The van der Waals surface area contributed by atoms with E-state index in [4.69, 9.17) is 9.15 Å². The SMILES string of the molecule is Cc1ccc(CNC2COC2)o1. The van der Waals surface area contributed by atoms with Gasteiger partial charge < -0.3 is 14.5 Å². The molecule has 0 spiro atoms. The summed E-state index contributed by atoms with van der Waals surface area (Å²) in [6, 6.07) is 4.51. The van der Waals surface area contributed by atoms with Gasteiger partial charge in [0.25, 0.3) is 0 Å². The van der Waals surface area contributed by atoms with Gasteiger partial charge in [0, 0.05) is 0 Å². The summed E-state index contributed by atoms with van der Waals surface area (Å²) in [6.45, 7) is 4.43. The standard InChI is InChI=1S/C9H13NO2/c1-7-2-3-9(12-7)4-10-8-5-11-6-8/h2-3,8,10H,4-6H2,1H3. The van der Waals surface area contributed by atoms with Crippen molar-refractivity contribution in [3.05, 3.63) is 23.7 Å². The summed E-state index contributed by atoms with van der Waals surface area (Å²) in [5, 5.41) is 3.33. The third-order valence-corrected chi connectivity index (χ3v) is 2.00. The number of aryl methyl sites for hydroxylation is 1. The smallest absolute Gasteiger partial charge is 0.117 e. The predicted molar refractivity (Wildman–Crippen MR) is 44.9 cm³/mol. The maximum absolute atomic E-state index is 5.40. The first kappa shape index (κ1) is 7.83. The highest BCUT2D eigenvalue weighted by Crippen LogP contribution is 2.07. The minimum Gasteiger partial charge on any atom is -0.465 e. The van der Waals surface area contributed by atoms with Gasteiger partial charge in [-0.15, -0.1) is 0 Å². The molecule has 2 heterocycles. The monoisotopic (exact) mass is 167 g/mol. The topological polar surface area (TPSA) is 34.4 Å². The van der Waals surface area contributed by atoms with Gasteiger partial charge >= 0.3 is 0 Å². The Morgan fingerprint density at radius 3 is 2.83 bits per heavy atom. The summed E-state index contributed by atoms with van der Waals surface area (Å²) in [5.74, 6) is 1.97. The fraction of sp³-hybridized carbons (Fsp3) is 0.556. The van der Waals surface area contributed by atoms with Crippen LogP contribution in [-0.4, -0.2) is 19.3 Å². The predicted octanol–water partition coefficient (Wildman–Crippen LogP) is 1.08. The Labute approximate surface area is 71.7 Å². The Hall–Kier alpha value is -0.800. The zero-order valence-corrected chi connectivity index (χ0v) is 7.17. The van der Waals surface area contributed by atoms with Crippen molar-refractivity contribution in [2.75, 3.05) is 13.2 Å². The van der Waals surface area contributed by atoms with Crippen molar-refractivity contribution >= 4 is 0 Å². The van der Waals surface area contributed by atoms with Crippen molar-refractivity contribution in [2.24, 2.45) is 0 Å². The molecule has 1 saturated heterocycles. The quantitative estimate of drug-likeness (QED) is 0.731. The molecule has 1 aliphatic rings. The van der Waals surface area contributed by atoms with E-state index < -0.39 is 0 Å². The zero-order valence-electron chi connectivity index (χ0n) is 7.17. The molecule has 1 aromatic rings. The zero-order chi connectivity index (χ0) is 8.39. The molecule has 1 N–H and O–H groups in total. The van der Waals surface area contributed by atoms with Crippen LogP contribution in [0.2, 0.25) is 0 Å². The van der Waals surface area contributed by atoms with Crippen molar-refractivity contribution in [1.82, 2.24) is 5.32 Å². The fourth-order valence-electron chi connectivity index (χ4n) is 1.18. The molecular formula is C9H13NO2. The molecule has 2 rings (SSSR count). The average molecular weight is 167 g/mol. The van der Waals surface area contributed by atoms with Crippen molar-refractivity contribution < 1.29 is 9.15 Å². The lowest BCUT2D eigenvalue weighted by atomic mass is 10.2. The molecule has 66 valence electrons. The Morgan fingerprint density at radius 1 is 1.50 bits per heavy atom. The molecule has 1 aliphatic heterocycles. The Bertz CT molecular complexity index is 253. The summed E-state index contributed by atoms with van der Waals surface area (Å²) < 4.78 is 10.4. The molecule has 0 aromatic carbocycles. The van der Waals surface area contributed by atoms with E-state index in [-0.39, 0.29) is 0 Å². The van der Waals surface area contributed by atoms with Crippen LogP contribution in [0.3, 0.4) is 0 Å². The van der Waals surface area contributed by atoms with Crippen molar-refractivity contribution in [1.29, 1.82) is 0 Å². The molecule has 1 fully saturated rings. The van der Waals surface area contributed by atoms with Gasteiger partial charge in [-0.2, -0.15) is 0 Å². The normalized spacial score (nSPS) is 17.8. The van der Waals surface area contributed by atoms with Crippen LogP contribution in [0.15, 0.2) is 16.5 Å². The second-order valence-electron chi connectivity index (χ2n) is 3.13. The highest BCUT2D eigenvalue weighted by molar-refractivity contribution is 5.05. The minimum absolute atomic E-state index is 0.524. The molecule has 3 nitrogen and oxygen atoms in total. The molecule has 0 radical (unpaired) electrons. The van der Waals surface area contributed by atoms with Gasteiger partial charge in [-0.1, -0.05) is 0 Å². The summed E-state index contributed by atoms with van der Waals surface area (Å²) >= 11 is 0. The van der Waals surface area contributed by atoms with Crippen LogP contribution in [0, 0.1) is 6.92 Å². The summed E-state index contributed by atoms with van der Waals surface area (Å²) in [4.78, 5) is 0. The molecule has 12 heavy (non-hydrogen) atoms. The van der Waals surface area contributed by atoms with Crippen LogP contribution in [0.25, 0.3) is 0 Å². The Morgan fingerprint density at radius 2 is 2.33 bits per heavy atom. The first-order valence-electron chi connectivity index (χ1n) is 4.21. The number of hydrogen-bond donors (Lipinski definition) is 1. The van der Waals surface area contributed by atoms with Crippen LogP contribution >= 0.6 is 0 Å². The summed E-state index contributed by atoms with van der Waals surface area (Å²) in [6.07, 6.45) is 0. The fourth-order valence-corrected chi connectivity index (χ4v) is 1.18. The van der Waals surface area contributed by atoms with E-state index >= 15 is 0 Å². The molecule has 0 unspecified atom stereocenters. The minimum atomic E-state index is 0.524. The summed E-state index contributed by atoms with van der Waals surface area (Å²) in [7, 11) is 0. The van der Waals surface area contributed by atoms with E-state index in [2.05, 4.69) is 5.32 Å². The number of rotatable bonds is 3. The molecule has 0 aliphatic carbocycles. The summed E-state index contributed by atoms with van der Waals surface area (Å²) in [5.41, 5.74) is 0. The third kappa shape index (κ3) is 1.68. The van der Waals surface area contributed by atoms with Crippen LogP contribution < -0.4 is 5.32 Å². The highest BCUT2D eigenvalue weighted by Gasteiger charge is 2.17. The Balaban J connectivity index is 1.79. The van der Waals surface area contributed by atoms with E-state index in [1.54, 1.807) is 0 Å². The van der Waals surface area contributed by atoms with E-state index in [0.717, 1.165) is 31.3 Å². The molecule has 0 bridgehead atoms. The van der Waals surface area contributed by atoms with E-state index in [1.165, 1.54) is 0 Å². The second-order valence-corrected chi connectivity index (χ2v) is 3.13. The van der Waals surface area contributed by atoms with Crippen LogP contribution in [0.4, 0.5) is 0 Å². The van der Waals surface area contributed by atoms with Crippen LogP contribution in [0.1, 0.15) is 11.5 Å². The second kappa shape index (κ2) is 3.29. The first-order chi connectivity index (χ1) is 5.84. The number of nitrogens with one attached hydrogen (secondary N) is 1. The van der Waals surface area contributed by atoms with Gasteiger partial charge in [-0.25, -0.2) is 0 Å². The van der Waals surface area contributed by atoms with E-state index in [1.807, 2.05) is 19.1 Å². The number of hydrogen-bond acceptors (Lipinski definition) is 3. The van der Waals surface area contributed by atoms with Gasteiger partial charge in [-0.05, 0) is 19.1 Å². The van der Waals surface area contributed by atoms with Crippen molar-refractivity contribution in [2.45, 2.75) is 19.5 Å². The third-order valence-electron chi connectivity index (χ3n) is 2.00. The average Bonchev–Trinajstić information content (AvgIpc) is 2.32. The lowest BCUT2D eigenvalue weighted by Gasteiger charge is -2.26. The molecule has 1 aromatic heterocycles.